The van der Waals surface area contributed by atoms with E-state index in [1.807, 2.05) is 19.1 Å². The maximum atomic E-state index is 9.22. The van der Waals surface area contributed by atoms with Crippen LogP contribution in [0.4, 0.5) is 0 Å². The third-order valence-electron chi connectivity index (χ3n) is 1.36. The van der Waals surface area contributed by atoms with Gasteiger partial charge >= 0.3 is 0 Å². The summed E-state index contributed by atoms with van der Waals surface area (Å²) in [7, 11) is 0. The largest absolute Gasteiger partial charge is 0.507 e. The second-order valence-electron chi connectivity index (χ2n) is 2.30. The maximum Gasteiger partial charge on any atom is 0.123 e. The van der Waals surface area contributed by atoms with Crippen LogP contribution in [0.2, 0.25) is 0 Å². The number of phenolic OH excluding ortho intramolecular Hbond substituents is 1. The van der Waals surface area contributed by atoms with Gasteiger partial charge in [-0.25, -0.2) is 0 Å². The van der Waals surface area contributed by atoms with Gasteiger partial charge in [0, 0.05) is 5.56 Å². The van der Waals surface area contributed by atoms with Crippen molar-refractivity contribution in [3.63, 3.8) is 0 Å². The van der Waals surface area contributed by atoms with Crippen molar-refractivity contribution in [3.8, 4) is 5.75 Å². The summed E-state index contributed by atoms with van der Waals surface area (Å²) in [6.07, 6.45) is 0. The lowest BCUT2D eigenvalue weighted by atomic mass is 10.1. The molecule has 0 saturated carbocycles. The molecule has 0 aliphatic carbocycles. The number of benzene rings is 1. The molecule has 1 nitrogen and oxygen atoms in total. The Hall–Kier alpha value is -1.50. The molecule has 1 rings (SSSR count). The summed E-state index contributed by atoms with van der Waals surface area (Å²) in [5, 5.41) is 9.22. The first-order valence-corrected chi connectivity index (χ1v) is 3.65. The minimum absolute atomic E-state index is 0.301. The van der Waals surface area contributed by atoms with Crippen molar-refractivity contribution >= 4 is 5.57 Å². The Morgan fingerprint density at radius 2 is 1.75 bits per heavy atom. The Bertz CT molecular complexity index is 263. The molecule has 0 unspecified atom stereocenters. The van der Waals surface area contributed by atoms with Gasteiger partial charge in [-0.05, 0) is 18.6 Å². The second kappa shape index (κ2) is 5.19. The highest BCUT2D eigenvalue weighted by Gasteiger charge is 1.96. The highest BCUT2D eigenvalue weighted by atomic mass is 16.3. The Morgan fingerprint density at radius 3 is 2.08 bits per heavy atom. The van der Waals surface area contributed by atoms with Gasteiger partial charge in [-0.1, -0.05) is 24.8 Å². The standard InChI is InChI=1S/C9H10O.C2H4/c1-7(2)8-5-3-4-6-9(8)10;1-2/h3-6,10H,1H2,2H3;1-2H2. The second-order valence-corrected chi connectivity index (χ2v) is 2.30. The number of aromatic hydroxyl groups is 1. The van der Waals surface area contributed by atoms with E-state index < -0.39 is 0 Å². The van der Waals surface area contributed by atoms with Gasteiger partial charge in [0.1, 0.15) is 5.75 Å². The molecular formula is C11H14O. The first kappa shape index (κ1) is 10.5. The number of hydrogen-bond acceptors (Lipinski definition) is 1. The molecule has 0 aliphatic rings. The van der Waals surface area contributed by atoms with E-state index in [0.29, 0.717) is 5.75 Å². The molecule has 1 aromatic carbocycles. The number of phenols is 1. The first-order valence-electron chi connectivity index (χ1n) is 3.65. The van der Waals surface area contributed by atoms with Crippen LogP contribution in [0.1, 0.15) is 12.5 Å². The molecule has 0 fully saturated rings. The highest BCUT2D eigenvalue weighted by molar-refractivity contribution is 5.66. The van der Waals surface area contributed by atoms with Crippen LogP contribution in [0.3, 0.4) is 0 Å². The molecule has 0 bridgehead atoms. The smallest absolute Gasteiger partial charge is 0.123 e. The molecule has 1 N–H and O–H groups in total. The average molecular weight is 162 g/mol. The quantitative estimate of drug-likeness (QED) is 0.628. The van der Waals surface area contributed by atoms with E-state index in [0.717, 1.165) is 11.1 Å². The molecule has 1 heteroatoms. The molecule has 12 heavy (non-hydrogen) atoms. The summed E-state index contributed by atoms with van der Waals surface area (Å²) in [5.41, 5.74) is 1.71. The average Bonchev–Trinajstić information content (AvgIpc) is 2.08. The van der Waals surface area contributed by atoms with Gasteiger partial charge in [0.2, 0.25) is 0 Å². The van der Waals surface area contributed by atoms with Gasteiger partial charge in [-0.15, -0.1) is 13.2 Å². The first-order chi connectivity index (χ1) is 5.72. The maximum absolute atomic E-state index is 9.22. The van der Waals surface area contributed by atoms with Crippen molar-refractivity contribution in [2.45, 2.75) is 6.92 Å². The van der Waals surface area contributed by atoms with Crippen molar-refractivity contribution in [2.24, 2.45) is 0 Å². The predicted octanol–water partition coefficient (Wildman–Crippen LogP) is 3.23. The zero-order chi connectivity index (χ0) is 9.56. The van der Waals surface area contributed by atoms with E-state index in [2.05, 4.69) is 19.7 Å². The van der Waals surface area contributed by atoms with Gasteiger partial charge in [0.25, 0.3) is 0 Å². The van der Waals surface area contributed by atoms with E-state index >= 15 is 0 Å². The van der Waals surface area contributed by atoms with Crippen LogP contribution in [0.15, 0.2) is 44.0 Å². The van der Waals surface area contributed by atoms with Crippen LogP contribution in [0.5, 0.6) is 5.75 Å². The third-order valence-corrected chi connectivity index (χ3v) is 1.36. The Kier molecular flexibility index (Phi) is 4.54. The van der Waals surface area contributed by atoms with Crippen LogP contribution >= 0.6 is 0 Å². The van der Waals surface area contributed by atoms with Crippen molar-refractivity contribution in [1.29, 1.82) is 0 Å². The zero-order valence-electron chi connectivity index (χ0n) is 7.38. The summed E-state index contributed by atoms with van der Waals surface area (Å²) in [6, 6.07) is 7.17. The third kappa shape index (κ3) is 2.62. The predicted molar refractivity (Wildman–Crippen MR) is 54.1 cm³/mol. The van der Waals surface area contributed by atoms with Gasteiger partial charge in [0.05, 0.1) is 0 Å². The molecule has 0 saturated heterocycles. The molecule has 0 amide bonds. The molecule has 0 aromatic heterocycles. The number of rotatable bonds is 1. The van der Waals surface area contributed by atoms with Gasteiger partial charge in [-0.2, -0.15) is 0 Å². The topological polar surface area (TPSA) is 20.2 Å². The van der Waals surface area contributed by atoms with Crippen molar-refractivity contribution < 1.29 is 5.11 Å². The Labute approximate surface area is 73.7 Å². The van der Waals surface area contributed by atoms with Crippen LogP contribution in [0.25, 0.3) is 5.57 Å². The summed E-state index contributed by atoms with van der Waals surface area (Å²) >= 11 is 0. The van der Waals surface area contributed by atoms with E-state index in [1.165, 1.54) is 0 Å². The van der Waals surface area contributed by atoms with Crippen LogP contribution in [-0.2, 0) is 0 Å². The fourth-order valence-electron chi connectivity index (χ4n) is 0.835. The minimum atomic E-state index is 0.301. The van der Waals surface area contributed by atoms with Crippen LogP contribution < -0.4 is 0 Å². The SMILES string of the molecule is C=C.C=C(C)c1ccccc1O. The van der Waals surface area contributed by atoms with E-state index in [-0.39, 0.29) is 0 Å². The lowest BCUT2D eigenvalue weighted by molar-refractivity contribution is 0.473. The molecule has 1 aromatic rings. The minimum Gasteiger partial charge on any atom is -0.507 e. The summed E-state index contributed by atoms with van der Waals surface area (Å²) in [4.78, 5) is 0. The Balaban J connectivity index is 0.000000561. The van der Waals surface area contributed by atoms with Gasteiger partial charge < -0.3 is 5.11 Å². The van der Waals surface area contributed by atoms with E-state index in [9.17, 15) is 5.11 Å². The summed E-state index contributed by atoms with van der Waals surface area (Å²) in [6.45, 7) is 11.6. The van der Waals surface area contributed by atoms with Crippen LogP contribution in [0, 0.1) is 0 Å². The lowest BCUT2D eigenvalue weighted by Crippen LogP contribution is -1.76. The molecule has 0 spiro atoms. The molecule has 0 aliphatic heterocycles. The van der Waals surface area contributed by atoms with E-state index in [4.69, 9.17) is 0 Å². The highest BCUT2D eigenvalue weighted by Crippen LogP contribution is 2.21. The van der Waals surface area contributed by atoms with E-state index in [1.54, 1.807) is 12.1 Å². The normalized spacial score (nSPS) is 8.08. The molecular weight excluding hydrogens is 148 g/mol. The van der Waals surface area contributed by atoms with Gasteiger partial charge in [0.15, 0.2) is 0 Å². The molecule has 0 radical (unpaired) electrons. The monoisotopic (exact) mass is 162 g/mol. The van der Waals surface area contributed by atoms with Crippen molar-refractivity contribution in [2.75, 3.05) is 0 Å². The lowest BCUT2D eigenvalue weighted by Gasteiger charge is -2.00. The molecule has 0 atom stereocenters. The number of allylic oxidation sites excluding steroid dienone is 1. The molecule has 0 heterocycles. The number of hydrogen-bond donors (Lipinski definition) is 1. The summed E-state index contributed by atoms with van der Waals surface area (Å²) < 4.78 is 0. The fourth-order valence-corrected chi connectivity index (χ4v) is 0.835. The van der Waals surface area contributed by atoms with Crippen LogP contribution in [-0.4, -0.2) is 5.11 Å². The Morgan fingerprint density at radius 1 is 1.25 bits per heavy atom. The summed E-state index contributed by atoms with van der Waals surface area (Å²) in [5.74, 6) is 0.301. The van der Waals surface area contributed by atoms with Crippen molar-refractivity contribution in [1.82, 2.24) is 0 Å². The number of para-hydroxylation sites is 1. The fraction of sp³-hybridized carbons (Fsp3) is 0.0909. The van der Waals surface area contributed by atoms with Crippen molar-refractivity contribution in [3.05, 3.63) is 49.6 Å². The van der Waals surface area contributed by atoms with Gasteiger partial charge in [-0.3, -0.25) is 0 Å². The zero-order valence-corrected chi connectivity index (χ0v) is 7.38. The molecule has 64 valence electrons.